The lowest BCUT2D eigenvalue weighted by molar-refractivity contribution is -0.937. The molecule has 0 aromatic rings. The Hall–Kier alpha value is -0.0800. The first-order chi connectivity index (χ1) is 6.65. The number of nitrogens with zero attached hydrogens (tertiary/aromatic N) is 1. The molecular weight excluding hydrogens is 172 g/mol. The van der Waals surface area contributed by atoms with Gasteiger partial charge in [0.05, 0.1) is 25.7 Å². The second-order valence-electron chi connectivity index (χ2n) is 5.35. The van der Waals surface area contributed by atoms with E-state index in [9.17, 15) is 0 Å². The number of likely N-dealkylation sites (N-methyl/N-ethyl adjacent to an activating group) is 1. The summed E-state index contributed by atoms with van der Waals surface area (Å²) in [5.74, 6) is 0. The maximum Gasteiger partial charge on any atom is 0.103 e. The van der Waals surface area contributed by atoms with E-state index in [4.69, 9.17) is 0 Å². The molecule has 0 spiro atoms. The van der Waals surface area contributed by atoms with Crippen molar-refractivity contribution >= 4 is 0 Å². The van der Waals surface area contributed by atoms with Gasteiger partial charge < -0.3 is 4.90 Å². The summed E-state index contributed by atoms with van der Waals surface area (Å²) < 4.78 is 0. The Morgan fingerprint density at radius 1 is 1.29 bits per heavy atom. The summed E-state index contributed by atoms with van der Waals surface area (Å²) in [4.78, 5) is 4.54. The molecule has 2 rings (SSSR count). The molecule has 0 radical (unpaired) electrons. The summed E-state index contributed by atoms with van der Waals surface area (Å²) in [5.41, 5.74) is 0. The van der Waals surface area contributed by atoms with Gasteiger partial charge in [-0.15, -0.1) is 0 Å². The molecule has 2 heterocycles. The van der Waals surface area contributed by atoms with Crippen LogP contribution in [-0.4, -0.2) is 42.7 Å². The molecular formula is C12H25N2+. The highest BCUT2D eigenvalue weighted by atomic mass is 15.3. The van der Waals surface area contributed by atoms with Crippen molar-refractivity contribution < 1.29 is 4.90 Å². The predicted molar refractivity (Wildman–Crippen MR) is 59.6 cm³/mol. The topological polar surface area (TPSA) is 7.68 Å². The van der Waals surface area contributed by atoms with Crippen molar-refractivity contribution in [2.45, 2.75) is 64.2 Å². The molecule has 0 aromatic heterocycles. The zero-order valence-corrected chi connectivity index (χ0v) is 10.1. The molecule has 5 unspecified atom stereocenters. The van der Waals surface area contributed by atoms with Crippen LogP contribution >= 0.6 is 0 Å². The van der Waals surface area contributed by atoms with Crippen molar-refractivity contribution in [1.29, 1.82) is 0 Å². The van der Waals surface area contributed by atoms with E-state index in [0.717, 1.165) is 24.2 Å². The van der Waals surface area contributed by atoms with E-state index in [0.29, 0.717) is 0 Å². The van der Waals surface area contributed by atoms with E-state index in [2.05, 4.69) is 32.7 Å². The molecule has 2 aliphatic heterocycles. The fourth-order valence-corrected chi connectivity index (χ4v) is 3.54. The van der Waals surface area contributed by atoms with E-state index >= 15 is 0 Å². The number of hydrogen-bond acceptors (Lipinski definition) is 1. The highest BCUT2D eigenvalue weighted by molar-refractivity contribution is 4.92. The summed E-state index contributed by atoms with van der Waals surface area (Å²) in [7, 11) is 2.39. The fraction of sp³-hybridized carbons (Fsp3) is 1.00. The Morgan fingerprint density at radius 3 is 2.64 bits per heavy atom. The highest BCUT2D eigenvalue weighted by Crippen LogP contribution is 2.28. The van der Waals surface area contributed by atoms with Crippen molar-refractivity contribution in [2.75, 3.05) is 13.6 Å². The lowest BCUT2D eigenvalue weighted by Gasteiger charge is -2.45. The maximum absolute atomic E-state index is 2.77. The molecule has 0 bridgehead atoms. The molecule has 2 saturated heterocycles. The zero-order valence-electron chi connectivity index (χ0n) is 10.1. The third-order valence-electron chi connectivity index (χ3n) is 4.62. The lowest BCUT2D eigenvalue weighted by atomic mass is 9.97. The summed E-state index contributed by atoms with van der Waals surface area (Å²) in [6.45, 7) is 8.47. The minimum Gasteiger partial charge on any atom is -0.330 e. The first-order valence-corrected chi connectivity index (χ1v) is 6.24. The smallest absolute Gasteiger partial charge is 0.103 e. The van der Waals surface area contributed by atoms with Gasteiger partial charge in [0.1, 0.15) is 6.04 Å². The third kappa shape index (κ3) is 1.49. The van der Waals surface area contributed by atoms with E-state index < -0.39 is 0 Å². The monoisotopic (exact) mass is 197 g/mol. The summed E-state index contributed by atoms with van der Waals surface area (Å²) >= 11 is 0. The van der Waals surface area contributed by atoms with Gasteiger partial charge >= 0.3 is 0 Å². The van der Waals surface area contributed by atoms with Gasteiger partial charge in [-0.25, -0.2) is 0 Å². The summed E-state index contributed by atoms with van der Waals surface area (Å²) in [6.07, 6.45) is 4.19. The first-order valence-electron chi connectivity index (χ1n) is 6.24. The van der Waals surface area contributed by atoms with Crippen LogP contribution in [0.4, 0.5) is 0 Å². The van der Waals surface area contributed by atoms with Crippen molar-refractivity contribution in [1.82, 2.24) is 4.90 Å². The molecule has 2 heteroatoms. The number of hydrogen-bond donors (Lipinski definition) is 1. The van der Waals surface area contributed by atoms with Crippen LogP contribution in [0.2, 0.25) is 0 Å². The van der Waals surface area contributed by atoms with Gasteiger partial charge in [-0.2, -0.15) is 0 Å². The molecule has 2 nitrogen and oxygen atoms in total. The minimum atomic E-state index is 0.816. The average Bonchev–Trinajstić information content (AvgIpc) is 2.51. The second-order valence-corrected chi connectivity index (χ2v) is 5.35. The van der Waals surface area contributed by atoms with Crippen LogP contribution in [0, 0.1) is 0 Å². The zero-order chi connectivity index (χ0) is 10.3. The molecule has 2 aliphatic rings. The Kier molecular flexibility index (Phi) is 2.85. The maximum atomic E-state index is 2.77. The van der Waals surface area contributed by atoms with E-state index in [-0.39, 0.29) is 0 Å². The molecule has 0 aliphatic carbocycles. The number of fused-ring (bicyclic) bond motifs is 1. The molecule has 0 saturated carbocycles. The molecule has 0 amide bonds. The van der Waals surface area contributed by atoms with Crippen molar-refractivity contribution in [2.24, 2.45) is 0 Å². The van der Waals surface area contributed by atoms with Gasteiger partial charge in [-0.3, -0.25) is 4.90 Å². The third-order valence-corrected chi connectivity index (χ3v) is 4.62. The minimum absolute atomic E-state index is 0.816. The largest absolute Gasteiger partial charge is 0.330 e. The number of piperazine rings is 1. The van der Waals surface area contributed by atoms with E-state index in [1.165, 1.54) is 25.8 Å². The lowest BCUT2D eigenvalue weighted by Crippen LogP contribution is -3.20. The number of nitrogens with one attached hydrogen (secondary N) is 1. The number of quaternary nitrogens is 1. The SMILES string of the molecule is CCC1C2CCC(C)N2CC(C)[NH+]1C. The van der Waals surface area contributed by atoms with Crippen LogP contribution in [0.25, 0.3) is 0 Å². The van der Waals surface area contributed by atoms with Gasteiger partial charge in [0.15, 0.2) is 0 Å². The summed E-state index contributed by atoms with van der Waals surface area (Å²) in [5, 5.41) is 0. The normalized spacial score (nSPS) is 49.3. The van der Waals surface area contributed by atoms with Gasteiger partial charge in [-0.1, -0.05) is 6.92 Å². The Balaban J connectivity index is 2.15. The van der Waals surface area contributed by atoms with Crippen LogP contribution < -0.4 is 4.90 Å². The second kappa shape index (κ2) is 3.82. The van der Waals surface area contributed by atoms with Gasteiger partial charge in [0, 0.05) is 6.04 Å². The molecule has 14 heavy (non-hydrogen) atoms. The average molecular weight is 197 g/mol. The van der Waals surface area contributed by atoms with Gasteiger partial charge in [-0.05, 0) is 33.1 Å². The van der Waals surface area contributed by atoms with Crippen molar-refractivity contribution in [3.8, 4) is 0 Å². The fourth-order valence-electron chi connectivity index (χ4n) is 3.54. The molecule has 0 aromatic carbocycles. The van der Waals surface area contributed by atoms with Gasteiger partial charge in [0.25, 0.3) is 0 Å². The van der Waals surface area contributed by atoms with Crippen LogP contribution in [0.15, 0.2) is 0 Å². The van der Waals surface area contributed by atoms with Crippen molar-refractivity contribution in [3.63, 3.8) is 0 Å². The van der Waals surface area contributed by atoms with Gasteiger partial charge in [0.2, 0.25) is 0 Å². The molecule has 2 fully saturated rings. The summed E-state index contributed by atoms with van der Waals surface area (Å²) in [6, 6.07) is 3.41. The molecule has 5 atom stereocenters. The Morgan fingerprint density at radius 2 is 2.00 bits per heavy atom. The Labute approximate surface area is 88.3 Å². The van der Waals surface area contributed by atoms with E-state index in [1.807, 2.05) is 0 Å². The standard InChI is InChI=1S/C12H24N2/c1-5-11-12-7-6-9(2)14(12)8-10(3)13(11)4/h9-12H,5-8H2,1-4H3/p+1. The van der Waals surface area contributed by atoms with E-state index in [1.54, 1.807) is 4.90 Å². The Bertz CT molecular complexity index is 204. The van der Waals surface area contributed by atoms with Crippen LogP contribution in [-0.2, 0) is 0 Å². The van der Waals surface area contributed by atoms with Crippen LogP contribution in [0.3, 0.4) is 0 Å². The molecule has 82 valence electrons. The quantitative estimate of drug-likeness (QED) is 0.644. The predicted octanol–water partition coefficient (Wildman–Crippen LogP) is 0.535. The highest BCUT2D eigenvalue weighted by Gasteiger charge is 2.45. The number of rotatable bonds is 1. The first kappa shape index (κ1) is 10.4. The van der Waals surface area contributed by atoms with Crippen molar-refractivity contribution in [3.05, 3.63) is 0 Å². The molecule has 1 N–H and O–H groups in total. The van der Waals surface area contributed by atoms with Crippen LogP contribution in [0.1, 0.15) is 40.0 Å². The van der Waals surface area contributed by atoms with Crippen LogP contribution in [0.5, 0.6) is 0 Å².